The van der Waals surface area contributed by atoms with Crippen LogP contribution in [0.3, 0.4) is 0 Å². The van der Waals surface area contributed by atoms with E-state index >= 15 is 0 Å². The Labute approximate surface area is 131 Å². The summed E-state index contributed by atoms with van der Waals surface area (Å²) in [7, 11) is 1.41. The topological polar surface area (TPSA) is 61.6 Å². The third kappa shape index (κ3) is 3.37. The minimum Gasteiger partial charge on any atom is -0.425 e. The summed E-state index contributed by atoms with van der Waals surface area (Å²) in [5.41, 5.74) is 1.64. The zero-order valence-corrected chi connectivity index (χ0v) is 12.4. The average molecular weight is 315 g/mol. The highest BCUT2D eigenvalue weighted by Crippen LogP contribution is 2.26. The molecule has 6 heteroatoms. The van der Waals surface area contributed by atoms with Gasteiger partial charge in [-0.25, -0.2) is 9.18 Å². The van der Waals surface area contributed by atoms with Gasteiger partial charge >= 0.3 is 5.97 Å². The number of hydrogen-bond donors (Lipinski definition) is 0. The van der Waals surface area contributed by atoms with E-state index in [4.69, 9.17) is 14.0 Å². The fraction of sp³-hybridized carbons (Fsp3) is 0.176. The van der Waals surface area contributed by atoms with Crippen LogP contribution in [0, 0.1) is 5.82 Å². The molecule has 2 aromatic carbocycles. The Hall–Kier alpha value is -2.73. The van der Waals surface area contributed by atoms with Crippen LogP contribution in [-0.4, -0.2) is 24.8 Å². The van der Waals surface area contributed by atoms with Crippen molar-refractivity contribution in [2.24, 2.45) is 0 Å². The number of rotatable bonds is 5. The van der Waals surface area contributed by atoms with Crippen molar-refractivity contribution < 1.29 is 23.2 Å². The summed E-state index contributed by atoms with van der Waals surface area (Å²) in [5, 5.41) is 4.73. The maximum absolute atomic E-state index is 13.7. The van der Waals surface area contributed by atoms with Gasteiger partial charge in [0, 0.05) is 25.0 Å². The Morgan fingerprint density at radius 1 is 1.26 bits per heavy atom. The number of halogens is 1. The number of hydrogen-bond acceptors (Lipinski definition) is 5. The molecule has 3 aromatic rings. The Balaban J connectivity index is 1.84. The summed E-state index contributed by atoms with van der Waals surface area (Å²) in [4.78, 5) is 11.4. The van der Waals surface area contributed by atoms with Crippen LogP contribution >= 0.6 is 0 Å². The molecular weight excluding hydrogens is 301 g/mol. The number of esters is 1. The van der Waals surface area contributed by atoms with Gasteiger partial charge in [0.15, 0.2) is 5.58 Å². The van der Waals surface area contributed by atoms with Crippen molar-refractivity contribution in [1.29, 1.82) is 0 Å². The molecule has 1 heterocycles. The quantitative estimate of drug-likeness (QED) is 0.535. The van der Waals surface area contributed by atoms with Crippen LogP contribution in [0.25, 0.3) is 11.0 Å². The van der Waals surface area contributed by atoms with E-state index in [1.54, 1.807) is 36.4 Å². The number of carbonyl (C=O) groups is 1. The molecule has 0 saturated heterocycles. The first kappa shape index (κ1) is 15.2. The summed E-state index contributed by atoms with van der Waals surface area (Å²) >= 11 is 0. The van der Waals surface area contributed by atoms with Crippen molar-refractivity contribution in [2.45, 2.75) is 6.42 Å². The van der Waals surface area contributed by atoms with Gasteiger partial charge in [-0.2, -0.15) is 0 Å². The van der Waals surface area contributed by atoms with Crippen molar-refractivity contribution in [3.63, 3.8) is 0 Å². The van der Waals surface area contributed by atoms with Gasteiger partial charge in [-0.05, 0) is 23.8 Å². The van der Waals surface area contributed by atoms with Gasteiger partial charge in [0.25, 0.3) is 0 Å². The zero-order chi connectivity index (χ0) is 16.2. The van der Waals surface area contributed by atoms with Crippen molar-refractivity contribution in [3.8, 4) is 5.75 Å². The first-order chi connectivity index (χ1) is 11.2. The fourth-order valence-corrected chi connectivity index (χ4v) is 2.26. The van der Waals surface area contributed by atoms with Crippen LogP contribution in [0.4, 0.5) is 4.39 Å². The summed E-state index contributed by atoms with van der Waals surface area (Å²) in [6, 6.07) is 11.5. The van der Waals surface area contributed by atoms with Crippen molar-refractivity contribution in [3.05, 3.63) is 59.5 Å². The predicted octanol–water partition coefficient (Wildman–Crippen LogP) is 3.11. The van der Waals surface area contributed by atoms with Gasteiger partial charge in [-0.15, -0.1) is 0 Å². The van der Waals surface area contributed by atoms with E-state index in [2.05, 4.69) is 5.16 Å². The smallest absolute Gasteiger partial charge is 0.337 e. The third-order valence-corrected chi connectivity index (χ3v) is 3.33. The van der Waals surface area contributed by atoms with Crippen LogP contribution in [-0.2, 0) is 16.0 Å². The van der Waals surface area contributed by atoms with Gasteiger partial charge in [0.1, 0.15) is 18.2 Å². The number of benzene rings is 2. The molecule has 0 aliphatic carbocycles. The van der Waals surface area contributed by atoms with Gasteiger partial charge in [0.05, 0.1) is 5.69 Å². The molecule has 0 spiro atoms. The van der Waals surface area contributed by atoms with E-state index in [0.29, 0.717) is 29.0 Å². The minimum atomic E-state index is -0.502. The number of methoxy groups -OCH3 is 1. The largest absolute Gasteiger partial charge is 0.425 e. The number of aromatic nitrogens is 1. The molecule has 0 atom stereocenters. The highest BCUT2D eigenvalue weighted by atomic mass is 19.1. The van der Waals surface area contributed by atoms with Gasteiger partial charge in [0.2, 0.25) is 0 Å². The Morgan fingerprint density at radius 2 is 2.09 bits per heavy atom. The van der Waals surface area contributed by atoms with Crippen LogP contribution in [0.5, 0.6) is 5.75 Å². The zero-order valence-electron chi connectivity index (χ0n) is 12.4. The highest BCUT2D eigenvalue weighted by Gasteiger charge is 2.13. The second kappa shape index (κ2) is 6.58. The van der Waals surface area contributed by atoms with E-state index in [1.807, 2.05) is 0 Å². The monoisotopic (exact) mass is 315 g/mol. The molecule has 0 aliphatic heterocycles. The first-order valence-electron chi connectivity index (χ1n) is 6.98. The molecule has 0 saturated carbocycles. The lowest BCUT2D eigenvalue weighted by Crippen LogP contribution is -2.13. The second-order valence-corrected chi connectivity index (χ2v) is 4.96. The SMILES string of the molecule is COCC(=O)Oc1ccc2c(Cc3ccccc3F)noc2c1. The van der Waals surface area contributed by atoms with Crippen molar-refractivity contribution in [2.75, 3.05) is 13.7 Å². The number of ether oxygens (including phenoxy) is 2. The summed E-state index contributed by atoms with van der Waals surface area (Å²) in [6.07, 6.45) is 0.322. The Morgan fingerprint density at radius 3 is 2.87 bits per heavy atom. The molecule has 3 rings (SSSR count). The van der Waals surface area contributed by atoms with E-state index < -0.39 is 5.97 Å². The molecule has 5 nitrogen and oxygen atoms in total. The fourth-order valence-electron chi connectivity index (χ4n) is 2.26. The molecule has 0 bridgehead atoms. The van der Waals surface area contributed by atoms with Crippen molar-refractivity contribution >= 4 is 16.9 Å². The predicted molar refractivity (Wildman–Crippen MR) is 80.7 cm³/mol. The molecule has 0 fully saturated rings. The first-order valence-corrected chi connectivity index (χ1v) is 6.98. The minimum absolute atomic E-state index is 0.132. The lowest BCUT2D eigenvalue weighted by atomic mass is 10.1. The van der Waals surface area contributed by atoms with Crippen LogP contribution in [0.15, 0.2) is 47.0 Å². The van der Waals surface area contributed by atoms with E-state index in [9.17, 15) is 9.18 Å². The molecule has 23 heavy (non-hydrogen) atoms. The molecule has 0 N–H and O–H groups in total. The number of fused-ring (bicyclic) bond motifs is 1. The molecule has 0 amide bonds. The third-order valence-electron chi connectivity index (χ3n) is 3.33. The number of carbonyl (C=O) groups excluding carboxylic acids is 1. The normalized spacial score (nSPS) is 10.9. The van der Waals surface area contributed by atoms with Crippen LogP contribution in [0.2, 0.25) is 0 Å². The maximum atomic E-state index is 13.7. The lowest BCUT2D eigenvalue weighted by Gasteiger charge is -2.03. The molecular formula is C17H14FNO4. The Kier molecular flexibility index (Phi) is 4.34. The molecule has 1 aromatic heterocycles. The summed E-state index contributed by atoms with van der Waals surface area (Å²) in [5.74, 6) is -0.445. The molecule has 0 aliphatic rings. The van der Waals surface area contributed by atoms with Crippen LogP contribution in [0.1, 0.15) is 11.3 Å². The van der Waals surface area contributed by atoms with E-state index in [1.165, 1.54) is 13.2 Å². The van der Waals surface area contributed by atoms with Gasteiger partial charge in [-0.3, -0.25) is 0 Å². The molecule has 0 radical (unpaired) electrons. The van der Waals surface area contributed by atoms with Crippen molar-refractivity contribution in [1.82, 2.24) is 5.16 Å². The standard InChI is InChI=1S/C17H14FNO4/c1-21-10-17(20)22-12-6-7-13-15(19-23-16(13)9-12)8-11-4-2-3-5-14(11)18/h2-7,9H,8,10H2,1H3. The highest BCUT2D eigenvalue weighted by molar-refractivity contribution is 5.82. The summed E-state index contributed by atoms with van der Waals surface area (Å²) in [6.45, 7) is -0.132. The number of nitrogens with zero attached hydrogens (tertiary/aromatic N) is 1. The van der Waals surface area contributed by atoms with Gasteiger partial charge in [-0.1, -0.05) is 23.4 Å². The van der Waals surface area contributed by atoms with E-state index in [-0.39, 0.29) is 12.4 Å². The summed E-state index contributed by atoms with van der Waals surface area (Å²) < 4.78 is 28.8. The van der Waals surface area contributed by atoms with E-state index in [0.717, 1.165) is 5.39 Å². The average Bonchev–Trinajstić information content (AvgIpc) is 2.92. The molecule has 118 valence electrons. The second-order valence-electron chi connectivity index (χ2n) is 4.96. The maximum Gasteiger partial charge on any atom is 0.337 e. The molecule has 0 unspecified atom stereocenters. The lowest BCUT2D eigenvalue weighted by molar-refractivity contribution is -0.138. The Bertz CT molecular complexity index is 843. The van der Waals surface area contributed by atoms with Gasteiger partial charge < -0.3 is 14.0 Å². The van der Waals surface area contributed by atoms with Crippen LogP contribution < -0.4 is 4.74 Å².